The summed E-state index contributed by atoms with van der Waals surface area (Å²) in [5.41, 5.74) is 0.656. The first-order chi connectivity index (χ1) is 16.1. The number of amides is 4. The van der Waals surface area contributed by atoms with Gasteiger partial charge in [0.15, 0.2) is 0 Å². The Hall–Kier alpha value is -2.93. The molecule has 2 aromatic carbocycles. The highest BCUT2D eigenvalue weighted by Gasteiger charge is 2.52. The highest BCUT2D eigenvalue weighted by molar-refractivity contribution is 6.07. The molecule has 3 fully saturated rings. The Morgan fingerprint density at radius 2 is 1.67 bits per heavy atom. The molecule has 0 bridgehead atoms. The minimum Gasteiger partial charge on any atom is -0.340 e. The Morgan fingerprint density at radius 1 is 0.939 bits per heavy atom. The molecule has 0 atom stereocenters. The molecule has 4 amide bonds. The molecule has 2 heterocycles. The number of carbonyl (C=O) groups is 3. The highest BCUT2D eigenvalue weighted by Crippen LogP contribution is 2.35. The Bertz CT molecular complexity index is 1050. The van der Waals surface area contributed by atoms with Gasteiger partial charge in [0.2, 0.25) is 5.91 Å². The van der Waals surface area contributed by atoms with Crippen molar-refractivity contribution < 1.29 is 14.4 Å². The summed E-state index contributed by atoms with van der Waals surface area (Å²) in [4.78, 5) is 43.4. The molecule has 3 aliphatic rings. The zero-order valence-corrected chi connectivity index (χ0v) is 19.1. The van der Waals surface area contributed by atoms with Crippen LogP contribution in [0.5, 0.6) is 0 Å². The number of piperazine rings is 1. The maximum absolute atomic E-state index is 12.7. The van der Waals surface area contributed by atoms with Crippen molar-refractivity contribution in [2.45, 2.75) is 50.6 Å². The quantitative estimate of drug-likeness (QED) is 0.689. The summed E-state index contributed by atoms with van der Waals surface area (Å²) in [6.07, 6.45) is 4.30. The van der Waals surface area contributed by atoms with E-state index in [4.69, 9.17) is 0 Å². The van der Waals surface area contributed by atoms with Gasteiger partial charge < -0.3 is 10.2 Å². The monoisotopic (exact) mass is 448 g/mol. The number of nitrogens with zero attached hydrogens (tertiary/aromatic N) is 3. The van der Waals surface area contributed by atoms with Crippen LogP contribution in [-0.4, -0.2) is 70.8 Å². The van der Waals surface area contributed by atoms with E-state index in [9.17, 15) is 14.4 Å². The first-order valence-electron chi connectivity index (χ1n) is 12.2. The van der Waals surface area contributed by atoms with Crippen molar-refractivity contribution in [3.05, 3.63) is 48.0 Å². The first kappa shape index (κ1) is 21.9. The predicted molar refractivity (Wildman–Crippen MR) is 126 cm³/mol. The topological polar surface area (TPSA) is 73.0 Å². The van der Waals surface area contributed by atoms with E-state index in [1.807, 2.05) is 4.90 Å². The van der Waals surface area contributed by atoms with Crippen molar-refractivity contribution in [3.63, 3.8) is 0 Å². The van der Waals surface area contributed by atoms with E-state index >= 15 is 0 Å². The molecule has 2 aliphatic heterocycles. The lowest BCUT2D eigenvalue weighted by Gasteiger charge is -2.35. The van der Waals surface area contributed by atoms with Gasteiger partial charge in [-0.2, -0.15) is 0 Å². The van der Waals surface area contributed by atoms with Crippen LogP contribution in [0.3, 0.4) is 0 Å². The molecule has 7 heteroatoms. The fourth-order valence-corrected chi connectivity index (χ4v) is 5.57. The smallest absolute Gasteiger partial charge is 0.325 e. The zero-order valence-electron chi connectivity index (χ0n) is 19.1. The third-order valence-electron chi connectivity index (χ3n) is 7.47. The van der Waals surface area contributed by atoms with Crippen molar-refractivity contribution >= 4 is 28.6 Å². The van der Waals surface area contributed by atoms with Gasteiger partial charge in [-0.15, -0.1) is 0 Å². The van der Waals surface area contributed by atoms with Gasteiger partial charge in [0.1, 0.15) is 5.54 Å². The number of imide groups is 1. The van der Waals surface area contributed by atoms with E-state index < -0.39 is 5.54 Å². The number of benzene rings is 2. The standard InChI is InChI=1S/C26H32N4O3/c31-23(11-6-14-30-24(32)26(27-25(30)33)12-3-4-13-26)29-17-15-28(16-18-29)19-21-9-5-8-20-7-1-2-10-22(20)21/h1-2,5,7-10H,3-4,6,11-19H2,(H,27,33). The van der Waals surface area contributed by atoms with E-state index in [1.165, 1.54) is 21.2 Å². The molecule has 1 saturated carbocycles. The molecule has 33 heavy (non-hydrogen) atoms. The second-order valence-electron chi connectivity index (χ2n) is 9.57. The van der Waals surface area contributed by atoms with Crippen LogP contribution < -0.4 is 5.32 Å². The Morgan fingerprint density at radius 3 is 2.45 bits per heavy atom. The molecule has 0 radical (unpaired) electrons. The van der Waals surface area contributed by atoms with Crippen LogP contribution in [0.1, 0.15) is 44.1 Å². The van der Waals surface area contributed by atoms with Gasteiger partial charge in [0.25, 0.3) is 5.91 Å². The lowest BCUT2D eigenvalue weighted by atomic mass is 9.98. The second-order valence-corrected chi connectivity index (χ2v) is 9.57. The van der Waals surface area contributed by atoms with E-state index in [-0.39, 0.29) is 17.8 Å². The van der Waals surface area contributed by atoms with Gasteiger partial charge in [0.05, 0.1) is 0 Å². The van der Waals surface area contributed by atoms with Crippen LogP contribution >= 0.6 is 0 Å². The number of carbonyl (C=O) groups excluding carboxylic acids is 3. The number of hydrogen-bond donors (Lipinski definition) is 1. The normalized spacial score (nSPS) is 20.7. The summed E-state index contributed by atoms with van der Waals surface area (Å²) in [5.74, 6) is 0.0157. The van der Waals surface area contributed by atoms with Gasteiger partial charge >= 0.3 is 6.03 Å². The van der Waals surface area contributed by atoms with E-state index in [2.05, 4.69) is 52.7 Å². The summed E-state index contributed by atoms with van der Waals surface area (Å²) >= 11 is 0. The van der Waals surface area contributed by atoms with Crippen LogP contribution in [0.2, 0.25) is 0 Å². The third kappa shape index (κ3) is 4.34. The van der Waals surface area contributed by atoms with E-state index in [0.717, 1.165) is 58.4 Å². The predicted octanol–water partition coefficient (Wildman–Crippen LogP) is 3.13. The maximum atomic E-state index is 12.7. The summed E-state index contributed by atoms with van der Waals surface area (Å²) < 4.78 is 0. The third-order valence-corrected chi connectivity index (χ3v) is 7.47. The molecule has 5 rings (SSSR count). The average molecular weight is 449 g/mol. The highest BCUT2D eigenvalue weighted by atomic mass is 16.2. The van der Waals surface area contributed by atoms with E-state index in [1.54, 1.807) is 0 Å². The largest absolute Gasteiger partial charge is 0.340 e. The zero-order chi connectivity index (χ0) is 22.8. The van der Waals surface area contributed by atoms with Crippen LogP contribution in [0.25, 0.3) is 10.8 Å². The molecular weight excluding hydrogens is 416 g/mol. The van der Waals surface area contributed by atoms with Crippen molar-refractivity contribution in [2.24, 2.45) is 0 Å². The van der Waals surface area contributed by atoms with Gasteiger partial charge in [-0.1, -0.05) is 55.3 Å². The van der Waals surface area contributed by atoms with Crippen molar-refractivity contribution in [1.82, 2.24) is 20.0 Å². The van der Waals surface area contributed by atoms with Gasteiger partial charge in [-0.3, -0.25) is 19.4 Å². The van der Waals surface area contributed by atoms with Crippen LogP contribution in [0.15, 0.2) is 42.5 Å². The maximum Gasteiger partial charge on any atom is 0.325 e. The van der Waals surface area contributed by atoms with Gasteiger partial charge in [0, 0.05) is 45.7 Å². The molecule has 1 spiro atoms. The number of nitrogens with one attached hydrogen (secondary N) is 1. The molecule has 1 aliphatic carbocycles. The van der Waals surface area contributed by atoms with Gasteiger partial charge in [-0.25, -0.2) is 4.79 Å². The van der Waals surface area contributed by atoms with Crippen molar-refractivity contribution in [3.8, 4) is 0 Å². The van der Waals surface area contributed by atoms with Crippen LogP contribution in [-0.2, 0) is 16.1 Å². The molecule has 2 aromatic rings. The van der Waals surface area contributed by atoms with Gasteiger partial charge in [-0.05, 0) is 35.6 Å². The lowest BCUT2D eigenvalue weighted by Crippen LogP contribution is -2.48. The van der Waals surface area contributed by atoms with E-state index in [0.29, 0.717) is 19.4 Å². The Balaban J connectivity index is 1.08. The summed E-state index contributed by atoms with van der Waals surface area (Å²) in [6, 6.07) is 14.6. The minimum atomic E-state index is -0.665. The number of hydrogen-bond acceptors (Lipinski definition) is 4. The molecule has 7 nitrogen and oxygen atoms in total. The molecule has 174 valence electrons. The fourth-order valence-electron chi connectivity index (χ4n) is 5.57. The second kappa shape index (κ2) is 9.14. The minimum absolute atomic E-state index is 0.0977. The first-order valence-corrected chi connectivity index (χ1v) is 12.2. The SMILES string of the molecule is O=C(CCCN1C(=O)NC2(CCCC2)C1=O)N1CCN(Cc2cccc3ccccc23)CC1. The number of fused-ring (bicyclic) bond motifs is 1. The molecule has 2 saturated heterocycles. The lowest BCUT2D eigenvalue weighted by molar-refractivity contribution is -0.134. The summed E-state index contributed by atoms with van der Waals surface area (Å²) in [7, 11) is 0. The van der Waals surface area contributed by atoms with Crippen LogP contribution in [0.4, 0.5) is 4.79 Å². The van der Waals surface area contributed by atoms with Crippen LogP contribution in [0, 0.1) is 0 Å². The average Bonchev–Trinajstić information content (AvgIpc) is 3.40. The summed E-state index contributed by atoms with van der Waals surface area (Å²) in [6.45, 7) is 4.34. The number of urea groups is 1. The molecule has 1 N–H and O–H groups in total. The molecule has 0 aromatic heterocycles. The molecular formula is C26H32N4O3. The Kier molecular flexibility index (Phi) is 6.06. The number of rotatable bonds is 6. The Labute approximate surface area is 194 Å². The fraction of sp³-hybridized carbons (Fsp3) is 0.500. The van der Waals surface area contributed by atoms with Crippen molar-refractivity contribution in [2.75, 3.05) is 32.7 Å². The summed E-state index contributed by atoms with van der Waals surface area (Å²) in [5, 5.41) is 5.45. The molecule has 0 unspecified atom stereocenters. The van der Waals surface area contributed by atoms with Crippen molar-refractivity contribution in [1.29, 1.82) is 0 Å².